The number of ether oxygens (including phenoxy) is 1. The molecule has 1 saturated carbocycles. The van der Waals surface area contributed by atoms with E-state index in [4.69, 9.17) is 4.74 Å². The first-order chi connectivity index (χ1) is 9.59. The standard InChI is InChI=1S/C16H28N2OS/c1-5-17-14(10-15-18-13(3)11-20-15)16(19-4)8-6-12(2)7-9-16/h11-12,14,17H,5-10H2,1-4H3. The molecule has 1 atom stereocenters. The third-order valence-corrected chi connectivity index (χ3v) is 5.65. The van der Waals surface area contributed by atoms with Crippen molar-refractivity contribution >= 4 is 11.3 Å². The molecule has 1 N–H and O–H groups in total. The molecule has 114 valence electrons. The highest BCUT2D eigenvalue weighted by molar-refractivity contribution is 7.09. The Bertz CT molecular complexity index is 410. The van der Waals surface area contributed by atoms with Gasteiger partial charge in [-0.3, -0.25) is 0 Å². The van der Waals surface area contributed by atoms with E-state index < -0.39 is 0 Å². The number of likely N-dealkylation sites (N-methyl/N-ethyl adjacent to an activating group) is 1. The second-order valence-corrected chi connectivity index (χ2v) is 7.09. The van der Waals surface area contributed by atoms with Crippen LogP contribution in [0.25, 0.3) is 0 Å². The number of thiazole rings is 1. The quantitative estimate of drug-likeness (QED) is 0.871. The lowest BCUT2D eigenvalue weighted by molar-refractivity contribution is -0.0742. The first-order valence-corrected chi connectivity index (χ1v) is 8.67. The van der Waals surface area contributed by atoms with E-state index in [1.54, 1.807) is 11.3 Å². The SMILES string of the molecule is CCNC(Cc1nc(C)cs1)C1(OC)CCC(C)CC1. The second kappa shape index (κ2) is 7.01. The molecule has 0 amide bonds. The largest absolute Gasteiger partial charge is 0.377 e. The van der Waals surface area contributed by atoms with Gasteiger partial charge in [-0.05, 0) is 45.1 Å². The number of hydrogen-bond donors (Lipinski definition) is 1. The van der Waals surface area contributed by atoms with Gasteiger partial charge in [0, 0.05) is 30.6 Å². The molecular formula is C16H28N2OS. The average Bonchev–Trinajstić information content (AvgIpc) is 2.85. The Hall–Kier alpha value is -0.450. The van der Waals surface area contributed by atoms with Gasteiger partial charge in [0.25, 0.3) is 0 Å². The van der Waals surface area contributed by atoms with Gasteiger partial charge in [0.15, 0.2) is 0 Å². The van der Waals surface area contributed by atoms with Crippen LogP contribution in [0.1, 0.15) is 50.2 Å². The van der Waals surface area contributed by atoms with E-state index in [0.717, 1.165) is 37.4 Å². The van der Waals surface area contributed by atoms with Crippen LogP contribution in [-0.2, 0) is 11.2 Å². The number of methoxy groups -OCH3 is 1. The Morgan fingerprint density at radius 1 is 1.50 bits per heavy atom. The summed E-state index contributed by atoms with van der Waals surface area (Å²) < 4.78 is 6.04. The Balaban J connectivity index is 2.12. The van der Waals surface area contributed by atoms with Crippen LogP contribution in [0, 0.1) is 12.8 Å². The molecule has 1 heterocycles. The van der Waals surface area contributed by atoms with Crippen LogP contribution in [-0.4, -0.2) is 30.3 Å². The molecule has 20 heavy (non-hydrogen) atoms. The van der Waals surface area contributed by atoms with E-state index in [-0.39, 0.29) is 5.60 Å². The summed E-state index contributed by atoms with van der Waals surface area (Å²) >= 11 is 1.77. The van der Waals surface area contributed by atoms with Crippen molar-refractivity contribution in [2.75, 3.05) is 13.7 Å². The summed E-state index contributed by atoms with van der Waals surface area (Å²) in [5, 5.41) is 7.02. The van der Waals surface area contributed by atoms with E-state index in [2.05, 4.69) is 36.5 Å². The van der Waals surface area contributed by atoms with Gasteiger partial charge in [-0.2, -0.15) is 0 Å². The number of aromatic nitrogens is 1. The van der Waals surface area contributed by atoms with Crippen molar-refractivity contribution in [3.63, 3.8) is 0 Å². The van der Waals surface area contributed by atoms with E-state index in [0.29, 0.717) is 6.04 Å². The van der Waals surface area contributed by atoms with Crippen LogP contribution < -0.4 is 5.32 Å². The molecule has 1 aliphatic rings. The first kappa shape index (κ1) is 15.9. The van der Waals surface area contributed by atoms with Crippen molar-refractivity contribution in [3.05, 3.63) is 16.1 Å². The third kappa shape index (κ3) is 3.60. The van der Waals surface area contributed by atoms with Gasteiger partial charge in [0.2, 0.25) is 0 Å². The number of nitrogens with zero attached hydrogens (tertiary/aromatic N) is 1. The first-order valence-electron chi connectivity index (χ1n) is 7.79. The molecule has 0 radical (unpaired) electrons. The monoisotopic (exact) mass is 296 g/mol. The lowest BCUT2D eigenvalue weighted by Gasteiger charge is -2.44. The normalized spacial score (nSPS) is 28.5. The molecule has 1 aromatic rings. The van der Waals surface area contributed by atoms with Crippen molar-refractivity contribution in [1.82, 2.24) is 10.3 Å². The lowest BCUT2D eigenvalue weighted by atomic mass is 9.74. The van der Waals surface area contributed by atoms with Gasteiger partial charge in [0.05, 0.1) is 10.6 Å². The van der Waals surface area contributed by atoms with Gasteiger partial charge >= 0.3 is 0 Å². The summed E-state index contributed by atoms with van der Waals surface area (Å²) in [6.45, 7) is 7.58. The highest BCUT2D eigenvalue weighted by atomic mass is 32.1. The van der Waals surface area contributed by atoms with Gasteiger partial charge in [-0.15, -0.1) is 11.3 Å². The highest BCUT2D eigenvalue weighted by Gasteiger charge is 2.41. The van der Waals surface area contributed by atoms with Crippen molar-refractivity contribution < 1.29 is 4.74 Å². The fraction of sp³-hybridized carbons (Fsp3) is 0.812. The lowest BCUT2D eigenvalue weighted by Crippen LogP contribution is -2.55. The maximum atomic E-state index is 6.04. The van der Waals surface area contributed by atoms with Crippen LogP contribution in [0.4, 0.5) is 0 Å². The summed E-state index contributed by atoms with van der Waals surface area (Å²) in [5.74, 6) is 0.836. The number of nitrogens with one attached hydrogen (secondary N) is 1. The summed E-state index contributed by atoms with van der Waals surface area (Å²) in [7, 11) is 1.88. The number of aryl methyl sites for hydroxylation is 1. The average molecular weight is 296 g/mol. The Morgan fingerprint density at radius 2 is 2.20 bits per heavy atom. The predicted octanol–water partition coefficient (Wildman–Crippen LogP) is 3.57. The Kier molecular flexibility index (Phi) is 5.58. The molecule has 0 aliphatic heterocycles. The van der Waals surface area contributed by atoms with Crippen molar-refractivity contribution in [2.45, 2.75) is 64.5 Å². The van der Waals surface area contributed by atoms with Crippen molar-refractivity contribution in [1.29, 1.82) is 0 Å². The van der Waals surface area contributed by atoms with E-state index in [1.165, 1.54) is 17.8 Å². The summed E-state index contributed by atoms with van der Waals surface area (Å²) in [6, 6.07) is 0.371. The van der Waals surface area contributed by atoms with Crippen LogP contribution in [0.3, 0.4) is 0 Å². The minimum absolute atomic E-state index is 0.0118. The molecule has 0 spiro atoms. The summed E-state index contributed by atoms with van der Waals surface area (Å²) in [5.41, 5.74) is 1.12. The molecule has 1 aromatic heterocycles. The predicted molar refractivity (Wildman–Crippen MR) is 85.4 cm³/mol. The van der Waals surface area contributed by atoms with Crippen LogP contribution in [0.2, 0.25) is 0 Å². The van der Waals surface area contributed by atoms with Crippen LogP contribution in [0.15, 0.2) is 5.38 Å². The molecular weight excluding hydrogens is 268 g/mol. The smallest absolute Gasteiger partial charge is 0.0944 e. The van der Waals surface area contributed by atoms with Crippen molar-refractivity contribution in [3.8, 4) is 0 Å². The fourth-order valence-corrected chi connectivity index (χ4v) is 4.13. The molecule has 4 heteroatoms. The maximum Gasteiger partial charge on any atom is 0.0944 e. The summed E-state index contributed by atoms with van der Waals surface area (Å²) in [4.78, 5) is 4.63. The topological polar surface area (TPSA) is 34.2 Å². The minimum atomic E-state index is -0.0118. The zero-order valence-corrected chi connectivity index (χ0v) is 14.1. The zero-order valence-electron chi connectivity index (χ0n) is 13.2. The third-order valence-electron chi connectivity index (χ3n) is 4.66. The zero-order chi connectivity index (χ0) is 14.6. The number of rotatable bonds is 6. The van der Waals surface area contributed by atoms with Gasteiger partial charge in [0.1, 0.15) is 0 Å². The highest BCUT2D eigenvalue weighted by Crippen LogP contribution is 2.38. The molecule has 1 fully saturated rings. The molecule has 1 aliphatic carbocycles. The van der Waals surface area contributed by atoms with Gasteiger partial charge in [-0.1, -0.05) is 13.8 Å². The van der Waals surface area contributed by atoms with Crippen LogP contribution >= 0.6 is 11.3 Å². The van der Waals surface area contributed by atoms with E-state index in [9.17, 15) is 0 Å². The molecule has 0 saturated heterocycles. The van der Waals surface area contributed by atoms with Crippen LogP contribution in [0.5, 0.6) is 0 Å². The van der Waals surface area contributed by atoms with Crippen molar-refractivity contribution in [2.24, 2.45) is 5.92 Å². The second-order valence-electron chi connectivity index (χ2n) is 6.15. The Morgan fingerprint density at radius 3 is 2.70 bits per heavy atom. The summed E-state index contributed by atoms with van der Waals surface area (Å²) in [6.07, 6.45) is 5.84. The van der Waals surface area contributed by atoms with E-state index in [1.807, 2.05) is 7.11 Å². The molecule has 1 unspecified atom stereocenters. The molecule has 2 rings (SSSR count). The minimum Gasteiger partial charge on any atom is -0.377 e. The van der Waals surface area contributed by atoms with E-state index >= 15 is 0 Å². The molecule has 0 bridgehead atoms. The molecule has 0 aromatic carbocycles. The fourth-order valence-electron chi connectivity index (χ4n) is 3.31. The maximum absolute atomic E-state index is 6.04. The van der Waals surface area contributed by atoms with Gasteiger partial charge in [-0.25, -0.2) is 4.98 Å². The Labute approximate surface area is 127 Å². The van der Waals surface area contributed by atoms with Gasteiger partial charge < -0.3 is 10.1 Å². The molecule has 3 nitrogen and oxygen atoms in total. The number of hydrogen-bond acceptors (Lipinski definition) is 4.